The molecule has 0 saturated carbocycles. The van der Waals surface area contributed by atoms with Crippen molar-refractivity contribution in [2.24, 2.45) is 11.8 Å². The highest BCUT2D eigenvalue weighted by atomic mass is 19.4. The van der Waals surface area contributed by atoms with Crippen molar-refractivity contribution in [2.75, 3.05) is 13.1 Å². The molecule has 0 aliphatic carbocycles. The Hall–Kier alpha value is -4.39. The van der Waals surface area contributed by atoms with E-state index in [2.05, 4.69) is 20.9 Å². The Labute approximate surface area is 245 Å². The molecule has 2 saturated heterocycles. The highest BCUT2D eigenvalue weighted by Gasteiger charge is 2.51. The monoisotopic (exact) mass is 599 g/mol. The number of likely N-dealkylation sites (tertiary alicyclic amines) is 1. The van der Waals surface area contributed by atoms with E-state index in [-0.39, 0.29) is 24.6 Å². The molecule has 13 heteroatoms. The van der Waals surface area contributed by atoms with Crippen molar-refractivity contribution in [3.05, 3.63) is 71.9 Å². The number of hydrogen-bond donors (Lipinski definition) is 5. The van der Waals surface area contributed by atoms with Gasteiger partial charge >= 0.3 is 6.18 Å². The van der Waals surface area contributed by atoms with E-state index in [0.717, 1.165) is 10.5 Å². The maximum absolute atomic E-state index is 13.8. The predicted molar refractivity (Wildman–Crippen MR) is 149 cm³/mol. The summed E-state index contributed by atoms with van der Waals surface area (Å²) in [6.07, 6.45) is -6.88. The zero-order chi connectivity index (χ0) is 30.7. The lowest BCUT2D eigenvalue weighted by Crippen LogP contribution is -2.55. The summed E-state index contributed by atoms with van der Waals surface area (Å²) in [4.78, 5) is 56.0. The smallest absolute Gasteiger partial charge is 0.381 e. The Balaban J connectivity index is 1.36. The average molecular weight is 600 g/mol. The first-order valence-electron chi connectivity index (χ1n) is 14.0. The van der Waals surface area contributed by atoms with E-state index in [1.54, 1.807) is 54.6 Å². The molecule has 228 valence electrons. The van der Waals surface area contributed by atoms with Crippen LogP contribution in [0.25, 0.3) is 10.9 Å². The zero-order valence-corrected chi connectivity index (χ0v) is 23.1. The number of amides is 4. The second-order valence-corrected chi connectivity index (χ2v) is 11.0. The summed E-state index contributed by atoms with van der Waals surface area (Å²) in [6, 6.07) is 14.5. The number of halogens is 3. The van der Waals surface area contributed by atoms with Crippen LogP contribution in [0.3, 0.4) is 0 Å². The van der Waals surface area contributed by atoms with E-state index in [1.807, 2.05) is 0 Å². The molecule has 0 radical (unpaired) electrons. The van der Waals surface area contributed by atoms with Crippen molar-refractivity contribution in [1.29, 1.82) is 0 Å². The second kappa shape index (κ2) is 12.5. The maximum Gasteiger partial charge on any atom is 0.393 e. The van der Waals surface area contributed by atoms with Crippen molar-refractivity contribution < 1.29 is 37.5 Å². The van der Waals surface area contributed by atoms with Crippen LogP contribution >= 0.6 is 0 Å². The third-order valence-corrected chi connectivity index (χ3v) is 8.08. The van der Waals surface area contributed by atoms with E-state index in [4.69, 9.17) is 0 Å². The minimum atomic E-state index is -4.66. The molecule has 1 aromatic heterocycles. The standard InChI is InChI=1S/C30H32F3N5O5/c31-30(32,33)20-14-24(38(16-20)29(43)23-12-18-8-4-5-9-21(18)36-23)27(41)37-22(13-19-10-11-34-26(19)40)25(39)28(42)35-15-17-6-2-1-3-7-17/h1-9,12,19-20,22,24-25,36,39H,10-11,13-16H2,(H,34,40)(H,35,42)(H,37,41)/t19-,20+,22?,24-,25?/m0/s1. The first-order valence-corrected chi connectivity index (χ1v) is 14.0. The number of para-hydroxylation sites is 1. The van der Waals surface area contributed by atoms with E-state index < -0.39 is 66.9 Å². The van der Waals surface area contributed by atoms with Gasteiger partial charge in [0.15, 0.2) is 6.10 Å². The lowest BCUT2D eigenvalue weighted by molar-refractivity contribution is -0.170. The number of nitrogens with zero attached hydrogens (tertiary/aromatic N) is 1. The molecule has 43 heavy (non-hydrogen) atoms. The summed E-state index contributed by atoms with van der Waals surface area (Å²) < 4.78 is 41.5. The van der Waals surface area contributed by atoms with Crippen LogP contribution in [-0.4, -0.2) is 76.1 Å². The van der Waals surface area contributed by atoms with Gasteiger partial charge in [-0.3, -0.25) is 19.2 Å². The number of nitrogens with one attached hydrogen (secondary N) is 4. The minimum absolute atomic E-state index is 0.0290. The third-order valence-electron chi connectivity index (χ3n) is 8.08. The van der Waals surface area contributed by atoms with Gasteiger partial charge < -0.3 is 30.9 Å². The molecule has 2 aliphatic rings. The number of aromatic nitrogens is 1. The molecular weight excluding hydrogens is 567 g/mol. The summed E-state index contributed by atoms with van der Waals surface area (Å²) >= 11 is 0. The zero-order valence-electron chi connectivity index (χ0n) is 23.1. The van der Waals surface area contributed by atoms with Gasteiger partial charge in [0.25, 0.3) is 11.8 Å². The first-order chi connectivity index (χ1) is 20.5. The highest BCUT2D eigenvalue weighted by molar-refractivity contribution is 6.00. The molecule has 0 bridgehead atoms. The second-order valence-electron chi connectivity index (χ2n) is 11.0. The Kier molecular flexibility index (Phi) is 8.71. The fraction of sp³-hybridized carbons (Fsp3) is 0.400. The van der Waals surface area contributed by atoms with Crippen LogP contribution in [0.5, 0.6) is 0 Å². The van der Waals surface area contributed by atoms with Crippen molar-refractivity contribution >= 4 is 34.5 Å². The molecule has 10 nitrogen and oxygen atoms in total. The predicted octanol–water partition coefficient (Wildman–Crippen LogP) is 2.25. The number of hydrogen-bond acceptors (Lipinski definition) is 5. The van der Waals surface area contributed by atoms with Crippen molar-refractivity contribution in [3.63, 3.8) is 0 Å². The quantitative estimate of drug-likeness (QED) is 0.256. The molecule has 2 unspecified atom stereocenters. The Morgan fingerprint density at radius 1 is 1.07 bits per heavy atom. The van der Waals surface area contributed by atoms with Gasteiger partial charge in [-0.05, 0) is 37.0 Å². The highest BCUT2D eigenvalue weighted by Crippen LogP contribution is 2.37. The number of benzene rings is 2. The maximum atomic E-state index is 13.8. The lowest BCUT2D eigenvalue weighted by Gasteiger charge is -2.29. The van der Waals surface area contributed by atoms with Crippen molar-refractivity contribution in [3.8, 4) is 0 Å². The van der Waals surface area contributed by atoms with Gasteiger partial charge in [-0.15, -0.1) is 0 Å². The largest absolute Gasteiger partial charge is 0.393 e. The van der Waals surface area contributed by atoms with Gasteiger partial charge in [0.2, 0.25) is 11.8 Å². The Morgan fingerprint density at radius 2 is 1.79 bits per heavy atom. The van der Waals surface area contributed by atoms with Crippen LogP contribution in [0.2, 0.25) is 0 Å². The van der Waals surface area contributed by atoms with Crippen LogP contribution in [-0.2, 0) is 20.9 Å². The Bertz CT molecular complexity index is 1460. The number of carbonyl (C=O) groups is 4. The normalized spacial score (nSPS) is 21.8. The SMILES string of the molecule is O=C(NCc1ccccc1)C(O)C(C[C@@H]1CCNC1=O)NC(=O)[C@@H]1C[C@@H](C(F)(F)F)CN1C(=O)c1cc2ccccc2[nH]1. The van der Waals surface area contributed by atoms with Gasteiger partial charge in [0, 0.05) is 36.5 Å². The minimum Gasteiger partial charge on any atom is -0.381 e. The van der Waals surface area contributed by atoms with Gasteiger partial charge in [-0.2, -0.15) is 13.2 Å². The van der Waals surface area contributed by atoms with E-state index in [1.165, 1.54) is 6.07 Å². The molecular formula is C30H32F3N5O5. The van der Waals surface area contributed by atoms with E-state index >= 15 is 0 Å². The van der Waals surface area contributed by atoms with Crippen LogP contribution in [0, 0.1) is 11.8 Å². The summed E-state index contributed by atoms with van der Waals surface area (Å²) in [5, 5.41) is 19.4. The third kappa shape index (κ3) is 6.82. The fourth-order valence-corrected chi connectivity index (χ4v) is 5.68. The molecule has 0 spiro atoms. The summed E-state index contributed by atoms with van der Waals surface area (Å²) in [5.74, 6) is -5.44. The van der Waals surface area contributed by atoms with E-state index in [0.29, 0.717) is 23.9 Å². The van der Waals surface area contributed by atoms with Crippen LogP contribution in [0.1, 0.15) is 35.3 Å². The number of H-pyrrole nitrogens is 1. The van der Waals surface area contributed by atoms with Crippen molar-refractivity contribution in [2.45, 2.75) is 50.2 Å². The Morgan fingerprint density at radius 3 is 2.47 bits per heavy atom. The van der Waals surface area contributed by atoms with E-state index in [9.17, 15) is 37.5 Å². The average Bonchev–Trinajstić information content (AvgIpc) is 3.73. The van der Waals surface area contributed by atoms with Gasteiger partial charge in [0.05, 0.1) is 12.0 Å². The molecule has 3 aromatic rings. The number of rotatable bonds is 9. The number of aliphatic hydroxyl groups excluding tert-OH is 1. The first kappa shape index (κ1) is 30.1. The summed E-state index contributed by atoms with van der Waals surface area (Å²) in [7, 11) is 0. The molecule has 2 fully saturated rings. The molecule has 2 aromatic carbocycles. The topological polar surface area (TPSA) is 144 Å². The van der Waals surface area contributed by atoms with Gasteiger partial charge in [-0.1, -0.05) is 48.5 Å². The van der Waals surface area contributed by atoms with Crippen LogP contribution in [0.4, 0.5) is 13.2 Å². The lowest BCUT2D eigenvalue weighted by atomic mass is 9.94. The summed E-state index contributed by atoms with van der Waals surface area (Å²) in [6.45, 7) is -0.265. The van der Waals surface area contributed by atoms with Gasteiger partial charge in [0.1, 0.15) is 11.7 Å². The number of carbonyl (C=O) groups excluding carboxylic acids is 4. The number of aliphatic hydroxyl groups is 1. The molecule has 4 amide bonds. The van der Waals surface area contributed by atoms with Crippen LogP contribution in [0.15, 0.2) is 60.7 Å². The van der Waals surface area contributed by atoms with Crippen LogP contribution < -0.4 is 16.0 Å². The number of fused-ring (bicyclic) bond motifs is 1. The molecule has 2 aliphatic heterocycles. The summed E-state index contributed by atoms with van der Waals surface area (Å²) in [5.41, 5.74) is 1.40. The molecule has 5 rings (SSSR count). The molecule has 3 heterocycles. The van der Waals surface area contributed by atoms with Gasteiger partial charge in [-0.25, -0.2) is 0 Å². The fourth-order valence-electron chi connectivity index (χ4n) is 5.68. The number of alkyl halides is 3. The molecule has 5 N–H and O–H groups in total. The van der Waals surface area contributed by atoms with Crippen molar-refractivity contribution in [1.82, 2.24) is 25.8 Å². The number of aromatic amines is 1. The molecule has 5 atom stereocenters.